The van der Waals surface area contributed by atoms with Crippen LogP contribution in [0, 0.1) is 0 Å². The summed E-state index contributed by atoms with van der Waals surface area (Å²) in [6.07, 6.45) is 3.45. The number of rotatable bonds is 5. The van der Waals surface area contributed by atoms with Gasteiger partial charge in [-0.15, -0.1) is 12.4 Å². The summed E-state index contributed by atoms with van der Waals surface area (Å²) < 4.78 is 10.3. The largest absolute Gasteiger partial charge is 0.383 e. The maximum Gasteiger partial charge on any atom is 0.239 e. The molecule has 1 rings (SSSR count). The lowest BCUT2D eigenvalue weighted by Crippen LogP contribution is -2.46. The van der Waals surface area contributed by atoms with E-state index in [2.05, 4.69) is 5.32 Å². The van der Waals surface area contributed by atoms with Crippen LogP contribution in [0.1, 0.15) is 19.3 Å². The summed E-state index contributed by atoms with van der Waals surface area (Å²) in [4.78, 5) is 11.4. The summed E-state index contributed by atoms with van der Waals surface area (Å²) in [6.45, 7) is 1.60. The van der Waals surface area contributed by atoms with Crippen LogP contribution in [0.2, 0.25) is 0 Å². The zero-order chi connectivity index (χ0) is 11.1. The van der Waals surface area contributed by atoms with Crippen molar-refractivity contribution in [2.75, 3.05) is 26.9 Å². The average molecular weight is 253 g/mol. The molecular formula is C10H21ClN2O3. The molecule has 0 spiro atoms. The summed E-state index contributed by atoms with van der Waals surface area (Å²) in [5, 5.41) is 2.77. The van der Waals surface area contributed by atoms with E-state index >= 15 is 0 Å². The van der Waals surface area contributed by atoms with Crippen molar-refractivity contribution in [1.82, 2.24) is 5.32 Å². The minimum atomic E-state index is -0.585. The maximum atomic E-state index is 11.4. The Labute approximate surface area is 102 Å². The van der Waals surface area contributed by atoms with E-state index in [0.717, 1.165) is 19.4 Å². The van der Waals surface area contributed by atoms with E-state index in [0.29, 0.717) is 6.54 Å². The van der Waals surface area contributed by atoms with Crippen molar-refractivity contribution in [2.45, 2.75) is 31.4 Å². The monoisotopic (exact) mass is 252 g/mol. The molecule has 1 aliphatic heterocycles. The molecule has 0 aromatic rings. The lowest BCUT2D eigenvalue weighted by molar-refractivity contribution is -0.124. The first-order valence-corrected chi connectivity index (χ1v) is 5.38. The highest BCUT2D eigenvalue weighted by atomic mass is 35.5. The molecule has 0 saturated carbocycles. The Morgan fingerprint density at radius 3 is 2.94 bits per heavy atom. The van der Waals surface area contributed by atoms with Crippen molar-refractivity contribution >= 4 is 18.3 Å². The number of methoxy groups -OCH3 is 1. The van der Waals surface area contributed by atoms with Crippen molar-refractivity contribution in [3.8, 4) is 0 Å². The van der Waals surface area contributed by atoms with Crippen LogP contribution >= 0.6 is 12.4 Å². The van der Waals surface area contributed by atoms with Gasteiger partial charge in [0.05, 0.1) is 12.7 Å². The fraction of sp³-hybridized carbons (Fsp3) is 0.900. The first kappa shape index (κ1) is 15.6. The van der Waals surface area contributed by atoms with Gasteiger partial charge < -0.3 is 20.5 Å². The van der Waals surface area contributed by atoms with E-state index in [4.69, 9.17) is 15.2 Å². The fourth-order valence-corrected chi connectivity index (χ4v) is 1.57. The Balaban J connectivity index is 0.00000225. The van der Waals surface area contributed by atoms with Gasteiger partial charge in [0.25, 0.3) is 0 Å². The van der Waals surface area contributed by atoms with E-state index < -0.39 is 6.04 Å². The molecular weight excluding hydrogens is 232 g/mol. The Morgan fingerprint density at radius 1 is 1.62 bits per heavy atom. The van der Waals surface area contributed by atoms with Gasteiger partial charge in [0.2, 0.25) is 5.91 Å². The standard InChI is InChI=1S/C10H20N2O3.ClH/c1-14-7-9(11)10(13)12-6-8-4-2-3-5-15-8;/h8-9H,2-7,11H2,1H3,(H,12,13);1H. The van der Waals surface area contributed by atoms with Crippen LogP contribution in [0.4, 0.5) is 0 Å². The predicted molar refractivity (Wildman–Crippen MR) is 63.7 cm³/mol. The predicted octanol–water partition coefficient (Wildman–Crippen LogP) is 0.0672. The highest BCUT2D eigenvalue weighted by molar-refractivity contribution is 5.85. The van der Waals surface area contributed by atoms with E-state index in [1.165, 1.54) is 13.5 Å². The van der Waals surface area contributed by atoms with E-state index in [1.54, 1.807) is 0 Å². The van der Waals surface area contributed by atoms with Gasteiger partial charge in [-0.2, -0.15) is 0 Å². The molecule has 3 N–H and O–H groups in total. The number of amides is 1. The number of ether oxygens (including phenoxy) is 2. The van der Waals surface area contributed by atoms with Crippen LogP contribution in [0.15, 0.2) is 0 Å². The number of carbonyl (C=O) groups excluding carboxylic acids is 1. The lowest BCUT2D eigenvalue weighted by Gasteiger charge is -2.23. The first-order valence-electron chi connectivity index (χ1n) is 5.38. The van der Waals surface area contributed by atoms with Crippen molar-refractivity contribution in [3.05, 3.63) is 0 Å². The smallest absolute Gasteiger partial charge is 0.239 e. The van der Waals surface area contributed by atoms with Gasteiger partial charge in [-0.3, -0.25) is 4.79 Å². The molecule has 0 aromatic heterocycles. The van der Waals surface area contributed by atoms with Crippen molar-refractivity contribution in [1.29, 1.82) is 0 Å². The molecule has 6 heteroatoms. The minimum absolute atomic E-state index is 0. The molecule has 16 heavy (non-hydrogen) atoms. The first-order chi connectivity index (χ1) is 7.24. The molecule has 1 aliphatic rings. The summed E-state index contributed by atoms with van der Waals surface area (Å²) in [7, 11) is 1.53. The molecule has 0 aliphatic carbocycles. The van der Waals surface area contributed by atoms with Crippen molar-refractivity contribution in [3.63, 3.8) is 0 Å². The zero-order valence-electron chi connectivity index (χ0n) is 9.61. The number of hydrogen-bond acceptors (Lipinski definition) is 4. The number of halogens is 1. The van der Waals surface area contributed by atoms with Gasteiger partial charge >= 0.3 is 0 Å². The molecule has 0 aromatic carbocycles. The fourth-order valence-electron chi connectivity index (χ4n) is 1.57. The van der Waals surface area contributed by atoms with Gasteiger partial charge in [0.1, 0.15) is 6.04 Å². The Morgan fingerprint density at radius 2 is 2.38 bits per heavy atom. The third-order valence-corrected chi connectivity index (χ3v) is 2.46. The van der Waals surface area contributed by atoms with Crippen LogP contribution in [0.25, 0.3) is 0 Å². The second-order valence-corrected chi connectivity index (χ2v) is 3.80. The Bertz CT molecular complexity index is 199. The summed E-state index contributed by atoms with van der Waals surface area (Å²) >= 11 is 0. The molecule has 96 valence electrons. The summed E-state index contributed by atoms with van der Waals surface area (Å²) in [6, 6.07) is -0.585. The van der Waals surface area contributed by atoms with Crippen molar-refractivity contribution in [2.24, 2.45) is 5.73 Å². The zero-order valence-corrected chi connectivity index (χ0v) is 10.4. The van der Waals surface area contributed by atoms with Gasteiger partial charge in [-0.05, 0) is 19.3 Å². The minimum Gasteiger partial charge on any atom is -0.383 e. The van der Waals surface area contributed by atoms with E-state index in [9.17, 15) is 4.79 Å². The average Bonchev–Trinajstić information content (AvgIpc) is 2.27. The Kier molecular flexibility index (Phi) is 8.56. The van der Waals surface area contributed by atoms with Crippen LogP contribution in [-0.4, -0.2) is 44.9 Å². The molecule has 1 amide bonds. The Hall–Kier alpha value is -0.360. The second kappa shape index (κ2) is 8.75. The topological polar surface area (TPSA) is 73.6 Å². The van der Waals surface area contributed by atoms with Crippen LogP contribution in [0.5, 0.6) is 0 Å². The second-order valence-electron chi connectivity index (χ2n) is 3.80. The third-order valence-electron chi connectivity index (χ3n) is 2.46. The maximum absolute atomic E-state index is 11.4. The van der Waals surface area contributed by atoms with Gasteiger partial charge in [0, 0.05) is 20.3 Å². The molecule has 2 atom stereocenters. The number of carbonyl (C=O) groups is 1. The van der Waals surface area contributed by atoms with Crippen LogP contribution in [0.3, 0.4) is 0 Å². The van der Waals surface area contributed by atoms with Crippen molar-refractivity contribution < 1.29 is 14.3 Å². The number of nitrogens with two attached hydrogens (primary N) is 1. The lowest BCUT2D eigenvalue weighted by atomic mass is 10.1. The number of hydrogen-bond donors (Lipinski definition) is 2. The third kappa shape index (κ3) is 5.65. The molecule has 1 heterocycles. The molecule has 1 saturated heterocycles. The summed E-state index contributed by atoms with van der Waals surface area (Å²) in [5.74, 6) is -0.175. The highest BCUT2D eigenvalue weighted by Gasteiger charge is 2.17. The summed E-state index contributed by atoms with van der Waals surface area (Å²) in [5.41, 5.74) is 5.57. The van der Waals surface area contributed by atoms with Gasteiger partial charge in [-0.1, -0.05) is 0 Å². The highest BCUT2D eigenvalue weighted by Crippen LogP contribution is 2.11. The SMILES string of the molecule is COCC(N)C(=O)NCC1CCCCO1.Cl. The van der Waals surface area contributed by atoms with Gasteiger partial charge in [0.15, 0.2) is 0 Å². The van der Waals surface area contributed by atoms with Crippen LogP contribution in [-0.2, 0) is 14.3 Å². The van der Waals surface area contributed by atoms with Crippen LogP contribution < -0.4 is 11.1 Å². The van der Waals surface area contributed by atoms with Gasteiger partial charge in [-0.25, -0.2) is 0 Å². The quantitative estimate of drug-likeness (QED) is 0.726. The number of nitrogens with one attached hydrogen (secondary N) is 1. The molecule has 0 bridgehead atoms. The van der Waals surface area contributed by atoms with E-state index in [-0.39, 0.29) is 31.0 Å². The molecule has 2 unspecified atom stereocenters. The molecule has 5 nitrogen and oxygen atoms in total. The molecule has 1 fully saturated rings. The normalized spacial score (nSPS) is 22.0. The molecule has 0 radical (unpaired) electrons. The van der Waals surface area contributed by atoms with E-state index in [1.807, 2.05) is 0 Å².